The van der Waals surface area contributed by atoms with Gasteiger partial charge < -0.3 is 14.8 Å². The molecule has 0 bridgehead atoms. The van der Waals surface area contributed by atoms with E-state index in [2.05, 4.69) is 24.1 Å². The summed E-state index contributed by atoms with van der Waals surface area (Å²) in [6.07, 6.45) is 2.84. The van der Waals surface area contributed by atoms with Crippen LogP contribution in [0.1, 0.15) is 33.1 Å². The van der Waals surface area contributed by atoms with Crippen LogP contribution in [0.3, 0.4) is 0 Å². The Morgan fingerprint density at radius 3 is 2.79 bits per heavy atom. The summed E-state index contributed by atoms with van der Waals surface area (Å²) in [6.45, 7) is 8.65. The second-order valence-corrected chi connectivity index (χ2v) is 5.82. The SMILES string of the molecule is CC[C@@]1(C)CN(CC(=O)NC2CCOCC2)CCO1. The average molecular weight is 270 g/mol. The number of ether oxygens (including phenoxy) is 2. The van der Waals surface area contributed by atoms with Crippen LogP contribution in [0.15, 0.2) is 0 Å². The molecule has 2 aliphatic rings. The summed E-state index contributed by atoms with van der Waals surface area (Å²) >= 11 is 0. The van der Waals surface area contributed by atoms with Gasteiger partial charge in [0, 0.05) is 32.3 Å². The molecule has 0 saturated carbocycles. The summed E-state index contributed by atoms with van der Waals surface area (Å²) in [4.78, 5) is 14.2. The largest absolute Gasteiger partial charge is 0.381 e. The van der Waals surface area contributed by atoms with Crippen molar-refractivity contribution in [3.8, 4) is 0 Å². The highest BCUT2D eigenvalue weighted by Crippen LogP contribution is 2.20. The monoisotopic (exact) mass is 270 g/mol. The van der Waals surface area contributed by atoms with Gasteiger partial charge in [0.15, 0.2) is 0 Å². The van der Waals surface area contributed by atoms with Gasteiger partial charge in [0.05, 0.1) is 18.8 Å². The Bertz CT molecular complexity index is 305. The van der Waals surface area contributed by atoms with E-state index in [1.54, 1.807) is 0 Å². The van der Waals surface area contributed by atoms with Gasteiger partial charge in [0.1, 0.15) is 0 Å². The number of hydrogen-bond donors (Lipinski definition) is 1. The predicted octanol–water partition coefficient (Wildman–Crippen LogP) is 0.783. The standard InChI is InChI=1S/C14H26N2O3/c1-3-14(2)11-16(6-9-19-14)10-13(17)15-12-4-7-18-8-5-12/h12H,3-11H2,1-2H3,(H,15,17)/t14-/m0/s1. The lowest BCUT2D eigenvalue weighted by molar-refractivity contribution is -0.130. The minimum Gasteiger partial charge on any atom is -0.381 e. The average Bonchev–Trinajstić information content (AvgIpc) is 2.40. The molecule has 0 spiro atoms. The lowest BCUT2D eigenvalue weighted by Gasteiger charge is -2.39. The van der Waals surface area contributed by atoms with Gasteiger partial charge in [-0.1, -0.05) is 6.92 Å². The Labute approximate surface area is 115 Å². The maximum atomic E-state index is 12.0. The molecule has 110 valence electrons. The van der Waals surface area contributed by atoms with Crippen LogP contribution < -0.4 is 5.32 Å². The van der Waals surface area contributed by atoms with E-state index in [1.165, 1.54) is 0 Å². The number of carbonyl (C=O) groups excluding carboxylic acids is 1. The van der Waals surface area contributed by atoms with Gasteiger partial charge in [-0.25, -0.2) is 0 Å². The molecule has 2 saturated heterocycles. The number of carbonyl (C=O) groups is 1. The van der Waals surface area contributed by atoms with Crippen LogP contribution in [-0.4, -0.2) is 61.9 Å². The molecule has 0 aromatic rings. The molecule has 5 heteroatoms. The molecular weight excluding hydrogens is 244 g/mol. The van der Waals surface area contributed by atoms with E-state index in [0.717, 1.165) is 52.2 Å². The number of amides is 1. The fourth-order valence-corrected chi connectivity index (χ4v) is 2.69. The summed E-state index contributed by atoms with van der Waals surface area (Å²) in [5.74, 6) is 0.132. The third kappa shape index (κ3) is 4.44. The van der Waals surface area contributed by atoms with Crippen LogP contribution in [0.5, 0.6) is 0 Å². The van der Waals surface area contributed by atoms with Crippen LogP contribution >= 0.6 is 0 Å². The zero-order valence-electron chi connectivity index (χ0n) is 12.1. The van der Waals surface area contributed by atoms with E-state index in [-0.39, 0.29) is 11.5 Å². The number of nitrogens with zero attached hydrogens (tertiary/aromatic N) is 1. The zero-order valence-corrected chi connectivity index (χ0v) is 12.1. The number of rotatable bonds is 4. The maximum absolute atomic E-state index is 12.0. The van der Waals surface area contributed by atoms with E-state index < -0.39 is 0 Å². The molecule has 19 heavy (non-hydrogen) atoms. The molecule has 2 heterocycles. The van der Waals surface area contributed by atoms with Crippen molar-refractivity contribution in [3.63, 3.8) is 0 Å². The highest BCUT2D eigenvalue weighted by atomic mass is 16.5. The molecule has 0 aromatic heterocycles. The van der Waals surface area contributed by atoms with Crippen molar-refractivity contribution in [2.75, 3.05) is 39.5 Å². The molecular formula is C14H26N2O3. The predicted molar refractivity (Wildman–Crippen MR) is 73.1 cm³/mol. The van der Waals surface area contributed by atoms with Gasteiger partial charge in [-0.05, 0) is 26.2 Å². The third-order valence-electron chi connectivity index (χ3n) is 4.12. The van der Waals surface area contributed by atoms with Gasteiger partial charge in [-0.3, -0.25) is 9.69 Å². The summed E-state index contributed by atoms with van der Waals surface area (Å²) in [7, 11) is 0. The number of hydrogen-bond acceptors (Lipinski definition) is 4. The Morgan fingerprint density at radius 2 is 2.11 bits per heavy atom. The second kappa shape index (κ2) is 6.68. The van der Waals surface area contributed by atoms with Crippen molar-refractivity contribution in [1.82, 2.24) is 10.2 Å². The molecule has 0 aliphatic carbocycles. The summed E-state index contributed by atoms with van der Waals surface area (Å²) in [5, 5.41) is 3.11. The smallest absolute Gasteiger partial charge is 0.234 e. The first kappa shape index (κ1) is 14.8. The first-order chi connectivity index (χ1) is 9.11. The van der Waals surface area contributed by atoms with E-state index in [1.807, 2.05) is 0 Å². The van der Waals surface area contributed by atoms with Crippen LogP contribution in [0.2, 0.25) is 0 Å². The minimum absolute atomic E-state index is 0.1000. The summed E-state index contributed by atoms with van der Waals surface area (Å²) in [6, 6.07) is 0.292. The topological polar surface area (TPSA) is 50.8 Å². The van der Waals surface area contributed by atoms with Crippen LogP contribution in [0, 0.1) is 0 Å². The minimum atomic E-state index is -0.1000. The van der Waals surface area contributed by atoms with Crippen LogP contribution in [0.25, 0.3) is 0 Å². The first-order valence-corrected chi connectivity index (χ1v) is 7.35. The zero-order chi connectivity index (χ0) is 13.7. The molecule has 1 N–H and O–H groups in total. The number of morpholine rings is 1. The molecule has 1 atom stereocenters. The molecule has 1 amide bonds. The summed E-state index contributed by atoms with van der Waals surface area (Å²) in [5.41, 5.74) is -0.1000. The quantitative estimate of drug-likeness (QED) is 0.820. The maximum Gasteiger partial charge on any atom is 0.234 e. The summed E-state index contributed by atoms with van der Waals surface area (Å²) < 4.78 is 11.1. The number of nitrogens with one attached hydrogen (secondary N) is 1. The molecule has 0 radical (unpaired) electrons. The van der Waals surface area contributed by atoms with Gasteiger partial charge in [0.25, 0.3) is 0 Å². The fraction of sp³-hybridized carbons (Fsp3) is 0.929. The molecule has 2 rings (SSSR count). The molecule has 2 fully saturated rings. The highest BCUT2D eigenvalue weighted by Gasteiger charge is 2.31. The normalized spacial score (nSPS) is 30.2. The Hall–Kier alpha value is -0.650. The Kier molecular flexibility index (Phi) is 5.19. The van der Waals surface area contributed by atoms with Crippen molar-refractivity contribution in [1.29, 1.82) is 0 Å². The molecule has 0 aromatic carbocycles. The van der Waals surface area contributed by atoms with Gasteiger partial charge >= 0.3 is 0 Å². The second-order valence-electron chi connectivity index (χ2n) is 5.82. The van der Waals surface area contributed by atoms with Gasteiger partial charge in [-0.15, -0.1) is 0 Å². The van der Waals surface area contributed by atoms with Gasteiger partial charge in [0.2, 0.25) is 5.91 Å². The third-order valence-corrected chi connectivity index (χ3v) is 4.12. The van der Waals surface area contributed by atoms with E-state index >= 15 is 0 Å². The van der Waals surface area contributed by atoms with Crippen molar-refractivity contribution < 1.29 is 14.3 Å². The fourth-order valence-electron chi connectivity index (χ4n) is 2.69. The lowest BCUT2D eigenvalue weighted by Crippen LogP contribution is -2.53. The molecule has 0 unspecified atom stereocenters. The van der Waals surface area contributed by atoms with Crippen molar-refractivity contribution in [2.24, 2.45) is 0 Å². The molecule has 5 nitrogen and oxygen atoms in total. The van der Waals surface area contributed by atoms with E-state index in [9.17, 15) is 4.79 Å². The molecule has 2 aliphatic heterocycles. The first-order valence-electron chi connectivity index (χ1n) is 7.35. The highest BCUT2D eigenvalue weighted by molar-refractivity contribution is 5.78. The van der Waals surface area contributed by atoms with E-state index in [4.69, 9.17) is 9.47 Å². The van der Waals surface area contributed by atoms with Crippen molar-refractivity contribution in [3.05, 3.63) is 0 Å². The van der Waals surface area contributed by atoms with E-state index in [0.29, 0.717) is 12.6 Å². The van der Waals surface area contributed by atoms with Crippen molar-refractivity contribution in [2.45, 2.75) is 44.8 Å². The Balaban J connectivity index is 1.75. The van der Waals surface area contributed by atoms with Crippen molar-refractivity contribution >= 4 is 5.91 Å². The Morgan fingerprint density at radius 1 is 1.37 bits per heavy atom. The lowest BCUT2D eigenvalue weighted by atomic mass is 10.0. The van der Waals surface area contributed by atoms with Gasteiger partial charge in [-0.2, -0.15) is 0 Å². The van der Waals surface area contributed by atoms with Crippen LogP contribution in [0.4, 0.5) is 0 Å². The van der Waals surface area contributed by atoms with Crippen LogP contribution in [-0.2, 0) is 14.3 Å².